The standard InChI is InChI=1S/C11H23ClN2O2S/c1-9-5-7-14(8-6-9)17(15,16)13-11(3,4)10(2)12/h9-10,13H,5-8H2,1-4H3. The zero-order valence-corrected chi connectivity index (χ0v) is 12.6. The molecule has 1 N–H and O–H groups in total. The summed E-state index contributed by atoms with van der Waals surface area (Å²) < 4.78 is 28.5. The van der Waals surface area contributed by atoms with Crippen LogP contribution in [-0.4, -0.2) is 36.7 Å². The van der Waals surface area contributed by atoms with Gasteiger partial charge in [-0.25, -0.2) is 0 Å². The topological polar surface area (TPSA) is 49.4 Å². The van der Waals surface area contributed by atoms with E-state index in [0.717, 1.165) is 12.8 Å². The van der Waals surface area contributed by atoms with Gasteiger partial charge in [0.25, 0.3) is 10.2 Å². The molecule has 0 aromatic carbocycles. The van der Waals surface area contributed by atoms with Crippen molar-refractivity contribution in [2.24, 2.45) is 5.92 Å². The summed E-state index contributed by atoms with van der Waals surface area (Å²) in [6, 6.07) is 0. The zero-order chi connectivity index (χ0) is 13.3. The minimum atomic E-state index is -3.41. The molecule has 1 atom stereocenters. The third-order valence-corrected chi connectivity index (χ3v) is 5.84. The molecule has 1 aliphatic rings. The first-order valence-corrected chi connectivity index (χ1v) is 7.96. The Kier molecular flexibility index (Phi) is 4.86. The van der Waals surface area contributed by atoms with E-state index in [0.29, 0.717) is 19.0 Å². The lowest BCUT2D eigenvalue weighted by Crippen LogP contribution is -2.55. The number of piperidine rings is 1. The largest absolute Gasteiger partial charge is 0.279 e. The van der Waals surface area contributed by atoms with Crippen LogP contribution in [0.15, 0.2) is 0 Å². The second-order valence-corrected chi connectivity index (χ2v) is 7.85. The molecule has 0 bridgehead atoms. The summed E-state index contributed by atoms with van der Waals surface area (Å²) in [6.45, 7) is 8.75. The lowest BCUT2D eigenvalue weighted by Gasteiger charge is -2.34. The minimum Gasteiger partial charge on any atom is -0.195 e. The summed E-state index contributed by atoms with van der Waals surface area (Å²) in [7, 11) is -3.41. The van der Waals surface area contributed by atoms with Crippen LogP contribution >= 0.6 is 11.6 Å². The Hall–Kier alpha value is 0.160. The highest BCUT2D eigenvalue weighted by Gasteiger charge is 2.34. The van der Waals surface area contributed by atoms with Gasteiger partial charge in [0, 0.05) is 24.0 Å². The Morgan fingerprint density at radius 2 is 1.82 bits per heavy atom. The molecule has 0 aliphatic carbocycles. The number of hydrogen-bond donors (Lipinski definition) is 1. The van der Waals surface area contributed by atoms with Gasteiger partial charge in [-0.2, -0.15) is 17.4 Å². The number of nitrogens with one attached hydrogen (secondary N) is 1. The lowest BCUT2D eigenvalue weighted by atomic mass is 10.0. The molecule has 1 heterocycles. The summed E-state index contributed by atoms with van der Waals surface area (Å²) >= 11 is 5.99. The van der Waals surface area contributed by atoms with Crippen molar-refractivity contribution in [2.75, 3.05) is 13.1 Å². The van der Waals surface area contributed by atoms with Crippen LogP contribution in [0.4, 0.5) is 0 Å². The molecule has 1 unspecified atom stereocenters. The Morgan fingerprint density at radius 1 is 1.35 bits per heavy atom. The first-order valence-electron chi connectivity index (χ1n) is 6.08. The van der Waals surface area contributed by atoms with Crippen molar-refractivity contribution < 1.29 is 8.42 Å². The van der Waals surface area contributed by atoms with Gasteiger partial charge in [-0.3, -0.25) is 0 Å². The van der Waals surface area contributed by atoms with Crippen LogP contribution in [-0.2, 0) is 10.2 Å². The van der Waals surface area contributed by atoms with Gasteiger partial charge in [0.05, 0.1) is 0 Å². The minimum absolute atomic E-state index is 0.263. The van der Waals surface area contributed by atoms with Gasteiger partial charge in [-0.05, 0) is 39.5 Å². The number of alkyl halides is 1. The van der Waals surface area contributed by atoms with Crippen LogP contribution < -0.4 is 4.72 Å². The Labute approximate surface area is 110 Å². The highest BCUT2D eigenvalue weighted by molar-refractivity contribution is 7.87. The van der Waals surface area contributed by atoms with Gasteiger partial charge in [-0.1, -0.05) is 6.92 Å². The maximum absolute atomic E-state index is 12.2. The zero-order valence-electron chi connectivity index (χ0n) is 11.0. The molecule has 1 saturated heterocycles. The number of halogens is 1. The first kappa shape index (κ1) is 15.2. The predicted molar refractivity (Wildman–Crippen MR) is 71.4 cm³/mol. The van der Waals surface area contributed by atoms with E-state index in [-0.39, 0.29) is 5.38 Å². The molecular weight excluding hydrogens is 260 g/mol. The van der Waals surface area contributed by atoms with Crippen LogP contribution in [0.5, 0.6) is 0 Å². The highest BCUT2D eigenvalue weighted by atomic mass is 35.5. The predicted octanol–water partition coefficient (Wildman–Crippen LogP) is 1.96. The lowest BCUT2D eigenvalue weighted by molar-refractivity contribution is 0.279. The van der Waals surface area contributed by atoms with Crippen molar-refractivity contribution >= 4 is 21.8 Å². The van der Waals surface area contributed by atoms with Gasteiger partial charge in [0.1, 0.15) is 0 Å². The van der Waals surface area contributed by atoms with Crippen molar-refractivity contribution in [2.45, 2.75) is 51.5 Å². The smallest absolute Gasteiger partial charge is 0.195 e. The van der Waals surface area contributed by atoms with Crippen LogP contribution in [0.2, 0.25) is 0 Å². The molecule has 4 nitrogen and oxygen atoms in total. The van der Waals surface area contributed by atoms with E-state index in [9.17, 15) is 8.42 Å². The molecule has 1 aliphatic heterocycles. The fourth-order valence-electron chi connectivity index (χ4n) is 1.70. The molecule has 0 amide bonds. The van der Waals surface area contributed by atoms with E-state index >= 15 is 0 Å². The van der Waals surface area contributed by atoms with Gasteiger partial charge in [0.15, 0.2) is 0 Å². The molecule has 0 spiro atoms. The monoisotopic (exact) mass is 282 g/mol. The van der Waals surface area contributed by atoms with Gasteiger partial charge >= 0.3 is 0 Å². The maximum atomic E-state index is 12.2. The fourth-order valence-corrected chi connectivity index (χ4v) is 3.48. The van der Waals surface area contributed by atoms with Gasteiger partial charge < -0.3 is 0 Å². The van der Waals surface area contributed by atoms with Crippen LogP contribution in [0.3, 0.4) is 0 Å². The quantitative estimate of drug-likeness (QED) is 0.802. The number of rotatable bonds is 4. The van der Waals surface area contributed by atoms with Crippen molar-refractivity contribution in [3.05, 3.63) is 0 Å². The Morgan fingerprint density at radius 3 is 2.24 bits per heavy atom. The second kappa shape index (κ2) is 5.43. The van der Waals surface area contributed by atoms with E-state index in [2.05, 4.69) is 11.6 Å². The molecule has 17 heavy (non-hydrogen) atoms. The van der Waals surface area contributed by atoms with E-state index in [4.69, 9.17) is 11.6 Å². The molecule has 1 fully saturated rings. The summed E-state index contributed by atoms with van der Waals surface area (Å²) in [5, 5.41) is -0.263. The second-order valence-electron chi connectivity index (χ2n) is 5.53. The molecular formula is C11H23ClN2O2S. The Bertz CT molecular complexity index is 346. The summed E-state index contributed by atoms with van der Waals surface area (Å²) in [5.41, 5.74) is -0.635. The van der Waals surface area contributed by atoms with E-state index in [1.54, 1.807) is 20.8 Å². The van der Waals surface area contributed by atoms with Gasteiger partial charge in [0.2, 0.25) is 0 Å². The summed E-state index contributed by atoms with van der Waals surface area (Å²) in [4.78, 5) is 0. The average molecular weight is 283 g/mol. The summed E-state index contributed by atoms with van der Waals surface area (Å²) in [6.07, 6.45) is 1.86. The number of hydrogen-bond acceptors (Lipinski definition) is 2. The van der Waals surface area contributed by atoms with Crippen LogP contribution in [0, 0.1) is 5.92 Å². The normalized spacial score (nSPS) is 22.6. The van der Waals surface area contributed by atoms with E-state index in [1.807, 2.05) is 0 Å². The van der Waals surface area contributed by atoms with Crippen molar-refractivity contribution in [3.8, 4) is 0 Å². The highest BCUT2D eigenvalue weighted by Crippen LogP contribution is 2.21. The van der Waals surface area contributed by atoms with Crippen LogP contribution in [0.25, 0.3) is 0 Å². The van der Waals surface area contributed by atoms with Crippen molar-refractivity contribution in [3.63, 3.8) is 0 Å². The molecule has 6 heteroatoms. The fraction of sp³-hybridized carbons (Fsp3) is 1.00. The molecule has 1 rings (SSSR count). The maximum Gasteiger partial charge on any atom is 0.279 e. The number of nitrogens with zero attached hydrogens (tertiary/aromatic N) is 1. The molecule has 0 aromatic heterocycles. The van der Waals surface area contributed by atoms with Crippen molar-refractivity contribution in [1.29, 1.82) is 0 Å². The SMILES string of the molecule is CC1CCN(S(=O)(=O)NC(C)(C)C(C)Cl)CC1. The van der Waals surface area contributed by atoms with Gasteiger partial charge in [-0.15, -0.1) is 11.6 Å². The Balaban J connectivity index is 2.69. The first-order chi connectivity index (χ1) is 7.65. The van der Waals surface area contributed by atoms with E-state index in [1.165, 1.54) is 4.31 Å². The van der Waals surface area contributed by atoms with Crippen LogP contribution in [0.1, 0.15) is 40.5 Å². The van der Waals surface area contributed by atoms with Crippen molar-refractivity contribution in [1.82, 2.24) is 9.03 Å². The average Bonchev–Trinajstić information content (AvgIpc) is 2.16. The molecule has 0 saturated carbocycles. The van der Waals surface area contributed by atoms with E-state index < -0.39 is 15.7 Å². The summed E-state index contributed by atoms with van der Waals surface area (Å²) in [5.74, 6) is 0.612. The molecule has 0 radical (unpaired) electrons. The third kappa shape index (κ3) is 4.09. The molecule has 0 aromatic rings. The molecule has 102 valence electrons. The third-order valence-electron chi connectivity index (χ3n) is 3.47.